The lowest BCUT2D eigenvalue weighted by Crippen LogP contribution is -2.16. The first kappa shape index (κ1) is 22.6. The van der Waals surface area contributed by atoms with Crippen molar-refractivity contribution in [3.05, 3.63) is 86.9 Å². The molecule has 0 aliphatic heterocycles. The molecule has 2 amide bonds. The van der Waals surface area contributed by atoms with Gasteiger partial charge < -0.3 is 20.1 Å². The highest BCUT2D eigenvalue weighted by Crippen LogP contribution is 2.37. The van der Waals surface area contributed by atoms with E-state index in [2.05, 4.69) is 10.6 Å². The number of nitrogens with one attached hydrogen (secondary N) is 2. The quantitative estimate of drug-likeness (QED) is 0.391. The normalized spacial score (nSPS) is 10.2. The maximum absolute atomic E-state index is 12.7. The summed E-state index contributed by atoms with van der Waals surface area (Å²) in [5, 5.41) is 16.7. The summed E-state index contributed by atoms with van der Waals surface area (Å²) in [6, 6.07) is 15.2. The lowest BCUT2D eigenvalue weighted by atomic mass is 10.1. The summed E-state index contributed by atoms with van der Waals surface area (Å²) in [6.45, 7) is 0. The number of hydrogen-bond donors (Lipinski definition) is 2. The fraction of sp³-hybridized carbons (Fsp3) is 0.0909. The Balaban J connectivity index is 1.92. The van der Waals surface area contributed by atoms with Gasteiger partial charge in [-0.2, -0.15) is 0 Å². The fourth-order valence-electron chi connectivity index (χ4n) is 2.91. The Hall–Kier alpha value is -4.11. The molecule has 0 aliphatic carbocycles. The average molecular weight is 456 g/mol. The Bertz CT molecular complexity index is 1180. The Morgan fingerprint density at radius 2 is 1.44 bits per heavy atom. The summed E-state index contributed by atoms with van der Waals surface area (Å²) in [7, 11) is 2.78. The number of amides is 2. The molecule has 0 fully saturated rings. The molecule has 0 atom stereocenters. The van der Waals surface area contributed by atoms with Gasteiger partial charge in [0.05, 0.1) is 30.5 Å². The van der Waals surface area contributed by atoms with Crippen molar-refractivity contribution in [2.45, 2.75) is 0 Å². The van der Waals surface area contributed by atoms with Gasteiger partial charge in [-0.1, -0.05) is 29.8 Å². The van der Waals surface area contributed by atoms with Gasteiger partial charge >= 0.3 is 0 Å². The van der Waals surface area contributed by atoms with Crippen LogP contribution in [0.25, 0.3) is 0 Å². The predicted octanol–water partition coefficient (Wildman–Crippen LogP) is 4.77. The van der Waals surface area contributed by atoms with Gasteiger partial charge in [-0.25, -0.2) is 0 Å². The van der Waals surface area contributed by atoms with Gasteiger partial charge in [0, 0.05) is 28.8 Å². The molecule has 0 saturated heterocycles. The number of methoxy groups -OCH3 is 2. The largest absolute Gasteiger partial charge is 0.494 e. The molecule has 0 unspecified atom stereocenters. The van der Waals surface area contributed by atoms with Crippen LogP contribution < -0.4 is 20.1 Å². The van der Waals surface area contributed by atoms with E-state index in [9.17, 15) is 19.7 Å². The first-order valence-corrected chi connectivity index (χ1v) is 9.59. The summed E-state index contributed by atoms with van der Waals surface area (Å²) in [5.41, 5.74) is 0.334. The van der Waals surface area contributed by atoms with Gasteiger partial charge in [0.25, 0.3) is 17.5 Å². The minimum Gasteiger partial charge on any atom is -0.494 e. The van der Waals surface area contributed by atoms with E-state index in [1.807, 2.05) is 0 Å². The molecule has 0 aromatic heterocycles. The van der Waals surface area contributed by atoms with E-state index in [1.165, 1.54) is 38.5 Å². The molecule has 0 radical (unpaired) electrons. The number of rotatable bonds is 7. The molecule has 10 heteroatoms. The Morgan fingerprint density at radius 1 is 0.875 bits per heavy atom. The molecule has 2 N–H and O–H groups in total. The molecule has 32 heavy (non-hydrogen) atoms. The summed E-state index contributed by atoms with van der Waals surface area (Å²) < 4.78 is 10.7. The fourth-order valence-corrected chi connectivity index (χ4v) is 3.08. The number of nitro benzene ring substituents is 1. The van der Waals surface area contributed by atoms with Crippen LogP contribution in [0.15, 0.2) is 60.7 Å². The van der Waals surface area contributed by atoms with Gasteiger partial charge in [-0.05, 0) is 24.3 Å². The molecular formula is C22H18ClN3O6. The Labute approximate surface area is 188 Å². The number of anilines is 2. The van der Waals surface area contributed by atoms with Crippen LogP contribution in [-0.2, 0) is 0 Å². The number of carbonyl (C=O) groups is 2. The number of hydrogen-bond acceptors (Lipinski definition) is 6. The summed E-state index contributed by atoms with van der Waals surface area (Å²) in [4.78, 5) is 35.9. The highest BCUT2D eigenvalue weighted by atomic mass is 35.5. The Morgan fingerprint density at radius 3 is 1.97 bits per heavy atom. The smallest absolute Gasteiger partial charge is 0.283 e. The van der Waals surface area contributed by atoms with Crippen LogP contribution in [0, 0.1) is 10.1 Å². The van der Waals surface area contributed by atoms with Crippen LogP contribution in [0.5, 0.6) is 11.5 Å². The zero-order chi connectivity index (χ0) is 23.3. The molecule has 3 rings (SSSR count). The third-order valence-corrected chi connectivity index (χ3v) is 4.69. The van der Waals surface area contributed by atoms with E-state index in [1.54, 1.807) is 30.3 Å². The van der Waals surface area contributed by atoms with E-state index in [-0.39, 0.29) is 33.7 Å². The number of nitrogens with zero attached hydrogens (tertiary/aromatic N) is 1. The number of benzene rings is 3. The minimum atomic E-state index is -0.741. The van der Waals surface area contributed by atoms with Crippen LogP contribution in [0.1, 0.15) is 20.7 Å². The second-order valence-corrected chi connectivity index (χ2v) is 6.88. The lowest BCUT2D eigenvalue weighted by Gasteiger charge is -2.16. The van der Waals surface area contributed by atoms with Gasteiger partial charge in [-0.15, -0.1) is 0 Å². The molecule has 0 saturated carbocycles. The monoisotopic (exact) mass is 455 g/mol. The number of halogens is 1. The zero-order valence-electron chi connectivity index (χ0n) is 17.0. The molecule has 3 aromatic carbocycles. The second-order valence-electron chi connectivity index (χ2n) is 6.45. The maximum Gasteiger partial charge on any atom is 0.283 e. The molecule has 0 bridgehead atoms. The Kier molecular flexibility index (Phi) is 6.91. The zero-order valence-corrected chi connectivity index (χ0v) is 17.8. The van der Waals surface area contributed by atoms with E-state index >= 15 is 0 Å². The predicted molar refractivity (Wildman–Crippen MR) is 120 cm³/mol. The van der Waals surface area contributed by atoms with Crippen molar-refractivity contribution >= 4 is 40.5 Å². The van der Waals surface area contributed by atoms with Crippen LogP contribution in [0.3, 0.4) is 0 Å². The van der Waals surface area contributed by atoms with E-state index in [4.69, 9.17) is 21.1 Å². The summed E-state index contributed by atoms with van der Waals surface area (Å²) >= 11 is 5.81. The molecule has 9 nitrogen and oxygen atoms in total. The molecule has 0 aliphatic rings. The van der Waals surface area contributed by atoms with Crippen molar-refractivity contribution < 1.29 is 24.0 Å². The van der Waals surface area contributed by atoms with Crippen LogP contribution in [-0.4, -0.2) is 31.0 Å². The minimum absolute atomic E-state index is 0.131. The van der Waals surface area contributed by atoms with Gasteiger partial charge in [0.15, 0.2) is 0 Å². The number of nitro groups is 1. The molecule has 0 spiro atoms. The van der Waals surface area contributed by atoms with Crippen molar-refractivity contribution in [3.63, 3.8) is 0 Å². The molecule has 0 heterocycles. The highest BCUT2D eigenvalue weighted by Gasteiger charge is 2.23. The van der Waals surface area contributed by atoms with Crippen molar-refractivity contribution in [2.24, 2.45) is 0 Å². The first-order chi connectivity index (χ1) is 15.3. The van der Waals surface area contributed by atoms with Crippen LogP contribution >= 0.6 is 11.6 Å². The van der Waals surface area contributed by atoms with E-state index in [0.717, 1.165) is 6.07 Å². The number of carbonyl (C=O) groups excluding carboxylic acids is 2. The van der Waals surface area contributed by atoms with Crippen LogP contribution in [0.4, 0.5) is 17.1 Å². The topological polar surface area (TPSA) is 120 Å². The summed E-state index contributed by atoms with van der Waals surface area (Å²) in [6.07, 6.45) is 0. The molecular weight excluding hydrogens is 438 g/mol. The van der Waals surface area contributed by atoms with E-state index in [0.29, 0.717) is 11.3 Å². The average Bonchev–Trinajstić information content (AvgIpc) is 2.79. The maximum atomic E-state index is 12.7. The SMILES string of the molecule is COc1cc(NC(=O)c2ccc(Cl)cc2[N+](=O)[O-])c(OC)cc1NC(=O)c1ccccc1. The van der Waals surface area contributed by atoms with Crippen molar-refractivity contribution in [3.8, 4) is 11.5 Å². The van der Waals surface area contributed by atoms with E-state index < -0.39 is 16.5 Å². The highest BCUT2D eigenvalue weighted by molar-refractivity contribution is 6.31. The first-order valence-electron chi connectivity index (χ1n) is 9.21. The molecule has 3 aromatic rings. The van der Waals surface area contributed by atoms with Crippen molar-refractivity contribution in [1.82, 2.24) is 0 Å². The van der Waals surface area contributed by atoms with Crippen molar-refractivity contribution in [2.75, 3.05) is 24.9 Å². The lowest BCUT2D eigenvalue weighted by molar-refractivity contribution is -0.385. The standard InChI is InChI=1S/C22H18ClN3O6/c1-31-19-12-17(25-22(28)15-9-8-14(23)10-18(15)26(29)30)20(32-2)11-16(19)24-21(27)13-6-4-3-5-7-13/h3-12H,1-2H3,(H,24,27)(H,25,28). The molecule has 164 valence electrons. The summed E-state index contributed by atoms with van der Waals surface area (Å²) in [5.74, 6) is -0.649. The van der Waals surface area contributed by atoms with Gasteiger partial charge in [0.1, 0.15) is 17.1 Å². The van der Waals surface area contributed by atoms with Gasteiger partial charge in [0.2, 0.25) is 0 Å². The third kappa shape index (κ3) is 4.96. The van der Waals surface area contributed by atoms with Crippen LogP contribution in [0.2, 0.25) is 5.02 Å². The van der Waals surface area contributed by atoms with Crippen molar-refractivity contribution in [1.29, 1.82) is 0 Å². The number of ether oxygens (including phenoxy) is 2. The second kappa shape index (κ2) is 9.80. The third-order valence-electron chi connectivity index (χ3n) is 4.46. The van der Waals surface area contributed by atoms with Gasteiger partial charge in [-0.3, -0.25) is 19.7 Å².